The van der Waals surface area contributed by atoms with Crippen molar-refractivity contribution in [1.82, 2.24) is 10.2 Å². The molecule has 116 valence electrons. The van der Waals surface area contributed by atoms with Crippen molar-refractivity contribution >= 4 is 16.9 Å². The molecule has 4 heterocycles. The first-order valence-corrected chi connectivity index (χ1v) is 7.89. The molecule has 5 heteroatoms. The van der Waals surface area contributed by atoms with Crippen molar-refractivity contribution in [2.45, 2.75) is 25.5 Å². The van der Waals surface area contributed by atoms with Crippen LogP contribution in [0.1, 0.15) is 29.0 Å². The van der Waals surface area contributed by atoms with Crippen LogP contribution in [0.4, 0.5) is 0 Å². The molecule has 0 aliphatic carbocycles. The fraction of sp³-hybridized carbons (Fsp3) is 0.471. The normalized spacial score (nSPS) is 27.2. The summed E-state index contributed by atoms with van der Waals surface area (Å²) in [6.45, 7) is 3.24. The summed E-state index contributed by atoms with van der Waals surface area (Å²) in [5.74, 6) is 0.807. The zero-order chi connectivity index (χ0) is 15.1. The van der Waals surface area contributed by atoms with Crippen LogP contribution < -0.4 is 5.32 Å². The van der Waals surface area contributed by atoms with Crippen LogP contribution in [0.2, 0.25) is 0 Å². The summed E-state index contributed by atoms with van der Waals surface area (Å²) < 4.78 is 5.66. The lowest BCUT2D eigenvalue weighted by atomic mass is 9.84. The van der Waals surface area contributed by atoms with Crippen LogP contribution in [-0.2, 0) is 6.61 Å². The van der Waals surface area contributed by atoms with Crippen molar-refractivity contribution in [3.05, 3.63) is 35.6 Å². The number of nitrogens with zero attached hydrogens (tertiary/aromatic N) is 1. The number of furan rings is 1. The summed E-state index contributed by atoms with van der Waals surface area (Å²) in [4.78, 5) is 14.9. The van der Waals surface area contributed by atoms with Crippen molar-refractivity contribution in [2.24, 2.45) is 5.92 Å². The summed E-state index contributed by atoms with van der Waals surface area (Å²) in [6.07, 6.45) is 2.34. The van der Waals surface area contributed by atoms with E-state index in [-0.39, 0.29) is 18.6 Å². The van der Waals surface area contributed by atoms with Crippen LogP contribution in [0.15, 0.2) is 28.7 Å². The van der Waals surface area contributed by atoms with Gasteiger partial charge in [-0.2, -0.15) is 0 Å². The Bertz CT molecular complexity index is 701. The molecule has 2 N–H and O–H groups in total. The highest BCUT2D eigenvalue weighted by atomic mass is 16.3. The molecule has 3 fully saturated rings. The summed E-state index contributed by atoms with van der Waals surface area (Å²) in [5.41, 5.74) is 1.43. The highest BCUT2D eigenvalue weighted by molar-refractivity contribution is 5.96. The monoisotopic (exact) mass is 300 g/mol. The van der Waals surface area contributed by atoms with Crippen LogP contribution in [0.5, 0.6) is 0 Å². The lowest BCUT2D eigenvalue weighted by Crippen LogP contribution is -2.57. The van der Waals surface area contributed by atoms with E-state index in [0.717, 1.165) is 30.6 Å². The average molecular weight is 300 g/mol. The number of nitrogens with one attached hydrogen (secondary N) is 1. The summed E-state index contributed by atoms with van der Waals surface area (Å²) in [7, 11) is 0. The van der Waals surface area contributed by atoms with Crippen molar-refractivity contribution in [1.29, 1.82) is 0 Å². The molecule has 2 aromatic rings. The molecule has 5 rings (SSSR count). The lowest BCUT2D eigenvalue weighted by Gasteiger charge is -2.44. The molecule has 3 saturated heterocycles. The first kappa shape index (κ1) is 13.8. The molecule has 0 radical (unpaired) electrons. The molecule has 0 unspecified atom stereocenters. The number of benzene rings is 1. The Morgan fingerprint density at radius 1 is 1.32 bits per heavy atom. The highest BCUT2D eigenvalue weighted by Gasteiger charge is 2.35. The summed E-state index contributed by atoms with van der Waals surface area (Å²) in [6, 6.07) is 7.49. The number of carbonyl (C=O) groups is 1. The predicted molar refractivity (Wildman–Crippen MR) is 82.6 cm³/mol. The molecule has 1 atom stereocenters. The van der Waals surface area contributed by atoms with Gasteiger partial charge in [0.05, 0.1) is 6.61 Å². The van der Waals surface area contributed by atoms with Crippen molar-refractivity contribution in [3.63, 3.8) is 0 Å². The van der Waals surface area contributed by atoms with Gasteiger partial charge in [-0.3, -0.25) is 4.79 Å². The van der Waals surface area contributed by atoms with Gasteiger partial charge < -0.3 is 19.7 Å². The zero-order valence-corrected chi connectivity index (χ0v) is 12.4. The van der Waals surface area contributed by atoms with Gasteiger partial charge in [-0.05, 0) is 49.5 Å². The number of aliphatic hydroxyl groups is 1. The molecular formula is C17H20N2O3. The third-order valence-corrected chi connectivity index (χ3v) is 4.96. The molecule has 22 heavy (non-hydrogen) atoms. The van der Waals surface area contributed by atoms with E-state index in [0.29, 0.717) is 17.3 Å². The van der Waals surface area contributed by atoms with E-state index in [1.807, 2.05) is 12.1 Å². The third-order valence-electron chi connectivity index (χ3n) is 4.96. The number of hydrogen-bond donors (Lipinski definition) is 2. The number of fused-ring (bicyclic) bond motifs is 4. The van der Waals surface area contributed by atoms with Gasteiger partial charge in [-0.15, -0.1) is 0 Å². The number of amides is 1. The number of aliphatic hydroxyl groups excluding tert-OH is 1. The maximum Gasteiger partial charge on any atom is 0.287 e. The van der Waals surface area contributed by atoms with Gasteiger partial charge in [0, 0.05) is 18.0 Å². The van der Waals surface area contributed by atoms with Gasteiger partial charge >= 0.3 is 0 Å². The second-order valence-corrected chi connectivity index (χ2v) is 6.36. The van der Waals surface area contributed by atoms with Gasteiger partial charge in [0.25, 0.3) is 5.91 Å². The highest BCUT2D eigenvalue weighted by Crippen LogP contribution is 2.28. The number of rotatable bonds is 3. The maximum atomic E-state index is 12.4. The molecule has 3 aliphatic heterocycles. The minimum Gasteiger partial charge on any atom is -0.451 e. The van der Waals surface area contributed by atoms with Gasteiger partial charge in [0.2, 0.25) is 0 Å². The van der Waals surface area contributed by atoms with E-state index in [9.17, 15) is 4.79 Å². The van der Waals surface area contributed by atoms with E-state index >= 15 is 0 Å². The van der Waals surface area contributed by atoms with Gasteiger partial charge in [-0.1, -0.05) is 12.1 Å². The molecule has 0 saturated carbocycles. The van der Waals surface area contributed by atoms with Gasteiger partial charge in [-0.25, -0.2) is 0 Å². The van der Waals surface area contributed by atoms with Crippen molar-refractivity contribution in [3.8, 4) is 0 Å². The largest absolute Gasteiger partial charge is 0.451 e. The van der Waals surface area contributed by atoms with E-state index in [4.69, 9.17) is 9.52 Å². The minimum atomic E-state index is -0.138. The van der Waals surface area contributed by atoms with E-state index in [1.54, 1.807) is 12.1 Å². The number of carbonyl (C=O) groups excluding carboxylic acids is 1. The Labute approximate surface area is 128 Å². The molecule has 5 nitrogen and oxygen atoms in total. The Hall–Kier alpha value is -1.85. The number of piperidine rings is 3. The first-order chi connectivity index (χ1) is 10.7. The standard InChI is InChI=1S/C17H20N2O3/c20-10-11-1-2-13-8-16(22-15(13)7-11)17(21)18-14-9-19-5-3-12(14)4-6-19/h1-2,7-8,12,14,20H,3-6,9-10H2,(H,18,21)/t14-/m0/s1. The number of hydrogen-bond acceptors (Lipinski definition) is 4. The van der Waals surface area contributed by atoms with Gasteiger partial charge in [0.1, 0.15) is 5.58 Å². The fourth-order valence-corrected chi connectivity index (χ4v) is 3.65. The molecule has 1 aromatic carbocycles. The maximum absolute atomic E-state index is 12.4. The smallest absolute Gasteiger partial charge is 0.287 e. The SMILES string of the molecule is O=C(N[C@H]1CN2CCC1CC2)c1cc2ccc(CO)cc2o1. The second-order valence-electron chi connectivity index (χ2n) is 6.36. The second kappa shape index (κ2) is 5.41. The first-order valence-electron chi connectivity index (χ1n) is 7.89. The summed E-state index contributed by atoms with van der Waals surface area (Å²) >= 11 is 0. The Balaban J connectivity index is 1.52. The molecule has 0 spiro atoms. The minimum absolute atomic E-state index is 0.0300. The van der Waals surface area contributed by atoms with E-state index < -0.39 is 0 Å². The lowest BCUT2D eigenvalue weighted by molar-refractivity contribution is 0.0607. The molecular weight excluding hydrogens is 280 g/mol. The Morgan fingerprint density at radius 3 is 2.82 bits per heavy atom. The zero-order valence-electron chi connectivity index (χ0n) is 12.4. The third kappa shape index (κ3) is 2.40. The summed E-state index contributed by atoms with van der Waals surface area (Å²) in [5, 5.41) is 13.2. The molecule has 2 bridgehead atoms. The van der Waals surface area contributed by atoms with Crippen molar-refractivity contribution in [2.75, 3.05) is 19.6 Å². The molecule has 3 aliphatic rings. The van der Waals surface area contributed by atoms with Crippen LogP contribution in [0, 0.1) is 5.92 Å². The molecule has 1 aromatic heterocycles. The fourth-order valence-electron chi connectivity index (χ4n) is 3.65. The topological polar surface area (TPSA) is 65.7 Å². The quantitative estimate of drug-likeness (QED) is 0.906. The van der Waals surface area contributed by atoms with Crippen LogP contribution in [0.25, 0.3) is 11.0 Å². The van der Waals surface area contributed by atoms with Crippen LogP contribution in [0.3, 0.4) is 0 Å². The van der Waals surface area contributed by atoms with Gasteiger partial charge in [0.15, 0.2) is 5.76 Å². The molecule has 1 amide bonds. The van der Waals surface area contributed by atoms with E-state index in [1.165, 1.54) is 12.8 Å². The Morgan fingerprint density at radius 2 is 2.14 bits per heavy atom. The van der Waals surface area contributed by atoms with Crippen LogP contribution >= 0.6 is 0 Å². The average Bonchev–Trinajstić information content (AvgIpc) is 2.99. The van der Waals surface area contributed by atoms with Crippen molar-refractivity contribution < 1.29 is 14.3 Å². The van der Waals surface area contributed by atoms with E-state index in [2.05, 4.69) is 10.2 Å². The Kier molecular flexibility index (Phi) is 3.39. The van der Waals surface area contributed by atoms with Crippen LogP contribution in [-0.4, -0.2) is 41.6 Å². The predicted octanol–water partition coefficient (Wildman–Crippen LogP) is 1.75.